The minimum atomic E-state index is -3.14. The molecule has 0 radical (unpaired) electrons. The van der Waals surface area contributed by atoms with Crippen molar-refractivity contribution < 1.29 is 8.42 Å². The third-order valence-electron chi connectivity index (χ3n) is 3.04. The predicted octanol–water partition coefficient (Wildman–Crippen LogP) is 1.73. The molecule has 1 heterocycles. The van der Waals surface area contributed by atoms with E-state index in [1.807, 2.05) is 25.1 Å². The fourth-order valence-electron chi connectivity index (χ4n) is 1.80. The molecule has 2 aromatic rings. The Labute approximate surface area is 119 Å². The first-order valence-electron chi connectivity index (χ1n) is 6.25. The molecule has 6 heteroatoms. The number of aromatic nitrogens is 2. The molecule has 0 aliphatic carbocycles. The summed E-state index contributed by atoms with van der Waals surface area (Å²) in [6, 6.07) is 8.88. The lowest BCUT2D eigenvalue weighted by molar-refractivity contribution is 0.566. The van der Waals surface area contributed by atoms with E-state index in [1.165, 1.54) is 12.6 Å². The smallest absolute Gasteiger partial charge is 0.175 e. The van der Waals surface area contributed by atoms with E-state index < -0.39 is 9.84 Å². The highest BCUT2D eigenvalue weighted by molar-refractivity contribution is 7.90. The van der Waals surface area contributed by atoms with E-state index in [9.17, 15) is 8.42 Å². The highest BCUT2D eigenvalue weighted by Gasteiger charge is 2.09. The molecular formula is C14H17N3O2S. The standard InChI is InChI=1S/C14H17N3O2S/c1-11(16-9-13-7-8-15-10-17-13)12-3-5-14(6-4-12)20(2,18)19/h3-8,10-11,16H,9H2,1-2H3. The summed E-state index contributed by atoms with van der Waals surface area (Å²) < 4.78 is 22.8. The average Bonchev–Trinajstić information content (AvgIpc) is 2.45. The van der Waals surface area contributed by atoms with Crippen molar-refractivity contribution in [2.75, 3.05) is 6.26 Å². The van der Waals surface area contributed by atoms with Gasteiger partial charge in [-0.1, -0.05) is 12.1 Å². The first kappa shape index (κ1) is 14.6. The zero-order chi connectivity index (χ0) is 14.6. The lowest BCUT2D eigenvalue weighted by Crippen LogP contribution is -2.18. The zero-order valence-electron chi connectivity index (χ0n) is 11.4. The SMILES string of the molecule is CC(NCc1ccncn1)c1ccc(S(C)(=O)=O)cc1. The van der Waals surface area contributed by atoms with Crippen molar-refractivity contribution in [3.8, 4) is 0 Å². The van der Waals surface area contributed by atoms with E-state index in [0.29, 0.717) is 11.4 Å². The van der Waals surface area contributed by atoms with Crippen molar-refractivity contribution in [1.29, 1.82) is 0 Å². The van der Waals surface area contributed by atoms with Gasteiger partial charge in [-0.15, -0.1) is 0 Å². The van der Waals surface area contributed by atoms with Gasteiger partial charge < -0.3 is 5.32 Å². The van der Waals surface area contributed by atoms with Crippen LogP contribution in [-0.4, -0.2) is 24.6 Å². The minimum absolute atomic E-state index is 0.110. The molecule has 1 aromatic heterocycles. The third kappa shape index (κ3) is 3.85. The second-order valence-corrected chi connectivity index (χ2v) is 6.66. The van der Waals surface area contributed by atoms with E-state index in [0.717, 1.165) is 11.3 Å². The Bertz CT molecular complexity index is 655. The predicted molar refractivity (Wildman–Crippen MR) is 76.8 cm³/mol. The van der Waals surface area contributed by atoms with E-state index in [-0.39, 0.29) is 6.04 Å². The second-order valence-electron chi connectivity index (χ2n) is 4.64. The van der Waals surface area contributed by atoms with Crippen molar-refractivity contribution in [1.82, 2.24) is 15.3 Å². The van der Waals surface area contributed by atoms with E-state index in [2.05, 4.69) is 15.3 Å². The molecule has 106 valence electrons. The summed E-state index contributed by atoms with van der Waals surface area (Å²) in [5.41, 5.74) is 1.95. The molecule has 20 heavy (non-hydrogen) atoms. The summed E-state index contributed by atoms with van der Waals surface area (Å²) in [4.78, 5) is 8.34. The van der Waals surface area contributed by atoms with Gasteiger partial charge in [-0.2, -0.15) is 0 Å². The molecule has 1 atom stereocenters. The lowest BCUT2D eigenvalue weighted by Gasteiger charge is -2.14. The van der Waals surface area contributed by atoms with Gasteiger partial charge in [0.05, 0.1) is 10.6 Å². The fraction of sp³-hybridized carbons (Fsp3) is 0.286. The van der Waals surface area contributed by atoms with E-state index in [1.54, 1.807) is 18.3 Å². The normalized spacial score (nSPS) is 13.1. The van der Waals surface area contributed by atoms with Gasteiger partial charge >= 0.3 is 0 Å². The Hall–Kier alpha value is -1.79. The molecule has 0 saturated heterocycles. The third-order valence-corrected chi connectivity index (χ3v) is 4.17. The molecule has 0 aliphatic rings. The summed E-state index contributed by atoms with van der Waals surface area (Å²) in [5.74, 6) is 0. The highest BCUT2D eigenvalue weighted by atomic mass is 32.2. The number of nitrogens with zero attached hydrogens (tertiary/aromatic N) is 2. The van der Waals surface area contributed by atoms with Crippen LogP contribution in [0.2, 0.25) is 0 Å². The topological polar surface area (TPSA) is 72.0 Å². The van der Waals surface area contributed by atoms with E-state index >= 15 is 0 Å². The Morgan fingerprint density at radius 1 is 1.20 bits per heavy atom. The molecule has 1 unspecified atom stereocenters. The monoisotopic (exact) mass is 291 g/mol. The Balaban J connectivity index is 2.01. The quantitative estimate of drug-likeness (QED) is 0.908. The highest BCUT2D eigenvalue weighted by Crippen LogP contribution is 2.16. The summed E-state index contributed by atoms with van der Waals surface area (Å²) in [7, 11) is -3.14. The van der Waals surface area contributed by atoms with Gasteiger partial charge in [0.2, 0.25) is 0 Å². The van der Waals surface area contributed by atoms with Gasteiger partial charge in [-0.25, -0.2) is 18.4 Å². The van der Waals surface area contributed by atoms with Crippen LogP contribution in [-0.2, 0) is 16.4 Å². The molecule has 0 amide bonds. The molecule has 0 aliphatic heterocycles. The van der Waals surface area contributed by atoms with Gasteiger partial charge in [0, 0.05) is 25.0 Å². The fourth-order valence-corrected chi connectivity index (χ4v) is 2.43. The first-order chi connectivity index (χ1) is 9.47. The van der Waals surface area contributed by atoms with Crippen LogP contribution in [0.15, 0.2) is 47.8 Å². The van der Waals surface area contributed by atoms with Gasteiger partial charge in [0.25, 0.3) is 0 Å². The van der Waals surface area contributed by atoms with Crippen molar-refractivity contribution in [2.45, 2.75) is 24.4 Å². The summed E-state index contributed by atoms with van der Waals surface area (Å²) in [5, 5.41) is 3.33. The molecule has 5 nitrogen and oxygen atoms in total. The maximum absolute atomic E-state index is 11.4. The van der Waals surface area contributed by atoms with Crippen molar-refractivity contribution in [2.24, 2.45) is 0 Å². The van der Waals surface area contributed by atoms with Crippen LogP contribution in [0.4, 0.5) is 0 Å². The van der Waals surface area contributed by atoms with Crippen LogP contribution in [0, 0.1) is 0 Å². The van der Waals surface area contributed by atoms with Crippen LogP contribution < -0.4 is 5.32 Å². The number of hydrogen-bond donors (Lipinski definition) is 1. The van der Waals surface area contributed by atoms with Crippen LogP contribution in [0.1, 0.15) is 24.2 Å². The number of sulfone groups is 1. The summed E-state index contributed by atoms with van der Waals surface area (Å²) >= 11 is 0. The number of rotatable bonds is 5. The summed E-state index contributed by atoms with van der Waals surface area (Å²) in [6.45, 7) is 2.66. The van der Waals surface area contributed by atoms with Gasteiger partial charge in [0.1, 0.15) is 6.33 Å². The molecule has 0 spiro atoms. The molecule has 1 N–H and O–H groups in total. The van der Waals surface area contributed by atoms with Crippen LogP contribution >= 0.6 is 0 Å². The number of hydrogen-bond acceptors (Lipinski definition) is 5. The van der Waals surface area contributed by atoms with Crippen molar-refractivity contribution >= 4 is 9.84 Å². The average molecular weight is 291 g/mol. The Morgan fingerprint density at radius 2 is 1.90 bits per heavy atom. The van der Waals surface area contributed by atoms with E-state index in [4.69, 9.17) is 0 Å². The Morgan fingerprint density at radius 3 is 2.45 bits per heavy atom. The molecular weight excluding hydrogens is 274 g/mol. The maximum atomic E-state index is 11.4. The molecule has 0 fully saturated rings. The largest absolute Gasteiger partial charge is 0.305 e. The lowest BCUT2D eigenvalue weighted by atomic mass is 10.1. The van der Waals surface area contributed by atoms with Crippen LogP contribution in [0.25, 0.3) is 0 Å². The number of nitrogens with one attached hydrogen (secondary N) is 1. The maximum Gasteiger partial charge on any atom is 0.175 e. The van der Waals surface area contributed by atoms with Crippen molar-refractivity contribution in [3.63, 3.8) is 0 Å². The van der Waals surface area contributed by atoms with Crippen LogP contribution in [0.3, 0.4) is 0 Å². The van der Waals surface area contributed by atoms with Crippen LogP contribution in [0.5, 0.6) is 0 Å². The zero-order valence-corrected chi connectivity index (χ0v) is 12.3. The number of benzene rings is 1. The second kappa shape index (κ2) is 6.11. The van der Waals surface area contributed by atoms with Gasteiger partial charge in [-0.05, 0) is 30.7 Å². The molecule has 0 saturated carbocycles. The first-order valence-corrected chi connectivity index (χ1v) is 8.14. The Kier molecular flexibility index (Phi) is 4.46. The van der Waals surface area contributed by atoms with Gasteiger partial charge in [-0.3, -0.25) is 0 Å². The molecule has 1 aromatic carbocycles. The van der Waals surface area contributed by atoms with Gasteiger partial charge in [0.15, 0.2) is 9.84 Å². The summed E-state index contributed by atoms with van der Waals surface area (Å²) in [6.07, 6.45) is 4.43. The molecule has 2 rings (SSSR count). The minimum Gasteiger partial charge on any atom is -0.305 e. The molecule has 0 bridgehead atoms. The van der Waals surface area contributed by atoms with Crippen molar-refractivity contribution in [3.05, 3.63) is 54.1 Å².